The monoisotopic (exact) mass is 329 g/mol. The van der Waals surface area contributed by atoms with Crippen LogP contribution in [0.3, 0.4) is 0 Å². The molecule has 1 aromatic carbocycles. The van der Waals surface area contributed by atoms with Crippen LogP contribution in [0.25, 0.3) is 11.1 Å². The molecule has 0 saturated carbocycles. The van der Waals surface area contributed by atoms with Gasteiger partial charge in [-0.2, -0.15) is 13.7 Å². The fraction of sp³-hybridized carbons (Fsp3) is 0.250. The molecule has 2 aromatic rings. The molecule has 0 bridgehead atoms. The van der Waals surface area contributed by atoms with Crippen molar-refractivity contribution in [3.63, 3.8) is 0 Å². The molecule has 2 heterocycles. The molecule has 1 aliphatic rings. The zero-order chi connectivity index (χ0) is 17.0. The molecule has 3 rings (SSSR count). The van der Waals surface area contributed by atoms with Crippen molar-refractivity contribution in [3.8, 4) is 17.2 Å². The maximum atomic E-state index is 12.5. The Morgan fingerprint density at radius 3 is 2.43 bits per heavy atom. The molecule has 1 aromatic heterocycles. The van der Waals surface area contributed by atoms with E-state index in [1.54, 1.807) is 26.0 Å². The Bertz CT molecular complexity index is 956. The predicted molar refractivity (Wildman–Crippen MR) is 84.8 cm³/mol. The van der Waals surface area contributed by atoms with Gasteiger partial charge in [0.25, 0.3) is 10.1 Å². The molecular weight excluding hydrogens is 314 g/mol. The third-order valence-corrected chi connectivity index (χ3v) is 5.30. The summed E-state index contributed by atoms with van der Waals surface area (Å²) >= 11 is 0. The first-order chi connectivity index (χ1) is 10.7. The number of hydrogen-bond acceptors (Lipinski definition) is 6. The first-order valence-corrected chi connectivity index (χ1v) is 8.35. The Morgan fingerprint density at radius 2 is 1.87 bits per heavy atom. The first-order valence-electron chi connectivity index (χ1n) is 6.94. The second-order valence-corrected chi connectivity index (χ2v) is 7.43. The summed E-state index contributed by atoms with van der Waals surface area (Å²) in [5.41, 5.74) is 6.89. The van der Waals surface area contributed by atoms with Gasteiger partial charge in [-0.25, -0.2) is 4.98 Å². The first kappa shape index (κ1) is 15.5. The van der Waals surface area contributed by atoms with E-state index in [2.05, 4.69) is 4.98 Å². The van der Waals surface area contributed by atoms with Crippen LogP contribution in [0.2, 0.25) is 0 Å². The number of nitrogens with zero attached hydrogens (tertiary/aromatic N) is 2. The number of nitriles is 1. The Kier molecular flexibility index (Phi) is 3.21. The van der Waals surface area contributed by atoms with E-state index in [0.29, 0.717) is 5.56 Å². The molecule has 0 saturated heterocycles. The lowest BCUT2D eigenvalue weighted by atomic mass is 9.95. The topological polar surface area (TPSA) is 106 Å². The fourth-order valence-electron chi connectivity index (χ4n) is 2.70. The minimum Gasteiger partial charge on any atom is -0.383 e. The Balaban J connectivity index is 2.49. The van der Waals surface area contributed by atoms with Crippen LogP contribution in [0.5, 0.6) is 0 Å². The molecular formula is C16H15N3O3S. The number of rotatable bonds is 1. The molecule has 23 heavy (non-hydrogen) atoms. The van der Waals surface area contributed by atoms with Crippen LogP contribution in [-0.4, -0.2) is 13.4 Å². The molecule has 2 N–H and O–H groups in total. The van der Waals surface area contributed by atoms with E-state index in [4.69, 9.17) is 9.92 Å². The van der Waals surface area contributed by atoms with Crippen LogP contribution in [0, 0.1) is 18.3 Å². The largest absolute Gasteiger partial charge is 0.383 e. The third-order valence-electron chi connectivity index (χ3n) is 3.77. The molecule has 118 valence electrons. The van der Waals surface area contributed by atoms with E-state index in [-0.39, 0.29) is 27.5 Å². The molecule has 7 heteroatoms. The van der Waals surface area contributed by atoms with E-state index in [0.717, 1.165) is 5.56 Å². The zero-order valence-corrected chi connectivity index (χ0v) is 13.7. The number of anilines is 1. The zero-order valence-electron chi connectivity index (χ0n) is 12.9. The van der Waals surface area contributed by atoms with Crippen LogP contribution in [0.1, 0.15) is 30.7 Å². The average Bonchev–Trinajstić information content (AvgIpc) is 2.63. The van der Waals surface area contributed by atoms with Gasteiger partial charge in [0.1, 0.15) is 27.9 Å². The minimum atomic E-state index is -4.02. The minimum absolute atomic E-state index is 0.00407. The normalized spacial score (nSPS) is 17.5. The summed E-state index contributed by atoms with van der Waals surface area (Å²) in [6.07, 6.45) is 0. The molecule has 6 nitrogen and oxygen atoms in total. The molecule has 0 aliphatic carbocycles. The standard InChI is InChI=1S/C16H15N3O3S/c1-9-4-6-10(7-5-9)12-11(8-17)15(18)19-14-13(12)23(20,21)22-16(14,2)3/h4-7H,1-3H3,(H2,18,19). The number of nitrogen functional groups attached to an aromatic ring is 1. The van der Waals surface area contributed by atoms with Gasteiger partial charge in [-0.3, -0.25) is 4.18 Å². The van der Waals surface area contributed by atoms with Crippen molar-refractivity contribution in [3.05, 3.63) is 41.1 Å². The molecule has 0 fully saturated rings. The van der Waals surface area contributed by atoms with E-state index >= 15 is 0 Å². The van der Waals surface area contributed by atoms with Crippen molar-refractivity contribution in [2.24, 2.45) is 0 Å². The lowest BCUT2D eigenvalue weighted by Gasteiger charge is -2.16. The van der Waals surface area contributed by atoms with Crippen molar-refractivity contribution in [1.29, 1.82) is 5.26 Å². The number of pyridine rings is 1. The second kappa shape index (κ2) is 4.78. The van der Waals surface area contributed by atoms with Crippen molar-refractivity contribution in [2.75, 3.05) is 5.73 Å². The van der Waals surface area contributed by atoms with E-state index < -0.39 is 15.7 Å². The quantitative estimate of drug-likeness (QED) is 0.806. The number of fused-ring (bicyclic) bond motifs is 1. The Morgan fingerprint density at radius 1 is 1.26 bits per heavy atom. The fourth-order valence-corrected chi connectivity index (χ4v) is 4.41. The van der Waals surface area contributed by atoms with Crippen molar-refractivity contribution in [1.82, 2.24) is 4.98 Å². The van der Waals surface area contributed by atoms with Gasteiger partial charge in [-0.05, 0) is 26.3 Å². The highest BCUT2D eigenvalue weighted by Crippen LogP contribution is 2.46. The molecule has 0 unspecified atom stereocenters. The molecule has 0 atom stereocenters. The van der Waals surface area contributed by atoms with Crippen LogP contribution >= 0.6 is 0 Å². The number of benzene rings is 1. The predicted octanol–water partition coefficient (Wildman–Crippen LogP) is 2.46. The van der Waals surface area contributed by atoms with Crippen LogP contribution in [-0.2, 0) is 19.9 Å². The van der Waals surface area contributed by atoms with Gasteiger partial charge < -0.3 is 5.73 Å². The highest BCUT2D eigenvalue weighted by molar-refractivity contribution is 7.87. The molecule has 1 aliphatic heterocycles. The molecule has 0 amide bonds. The highest BCUT2D eigenvalue weighted by Gasteiger charge is 2.46. The summed E-state index contributed by atoms with van der Waals surface area (Å²) in [6.45, 7) is 5.13. The van der Waals surface area contributed by atoms with E-state index in [1.807, 2.05) is 25.1 Å². The summed E-state index contributed by atoms with van der Waals surface area (Å²) in [6, 6.07) is 9.16. The number of aromatic nitrogens is 1. The van der Waals surface area contributed by atoms with Gasteiger partial charge in [0.05, 0.1) is 5.69 Å². The summed E-state index contributed by atoms with van der Waals surface area (Å²) in [5.74, 6) is -0.00407. The third kappa shape index (κ3) is 2.27. The summed E-state index contributed by atoms with van der Waals surface area (Å²) in [5, 5.41) is 9.44. The van der Waals surface area contributed by atoms with Gasteiger partial charge in [0, 0.05) is 5.56 Å². The summed E-state index contributed by atoms with van der Waals surface area (Å²) in [7, 11) is -4.02. The van der Waals surface area contributed by atoms with E-state index in [1.165, 1.54) is 0 Å². The van der Waals surface area contributed by atoms with Crippen molar-refractivity contribution in [2.45, 2.75) is 31.3 Å². The number of hydrogen-bond donors (Lipinski definition) is 1. The Labute approximate surface area is 134 Å². The summed E-state index contributed by atoms with van der Waals surface area (Å²) < 4.78 is 30.2. The van der Waals surface area contributed by atoms with Gasteiger partial charge in [0.2, 0.25) is 0 Å². The Hall–Kier alpha value is -2.43. The summed E-state index contributed by atoms with van der Waals surface area (Å²) in [4.78, 5) is 4.06. The smallest absolute Gasteiger partial charge is 0.300 e. The van der Waals surface area contributed by atoms with Crippen LogP contribution in [0.15, 0.2) is 29.2 Å². The van der Waals surface area contributed by atoms with Gasteiger partial charge in [-0.1, -0.05) is 29.8 Å². The molecule has 0 spiro atoms. The second-order valence-electron chi connectivity index (χ2n) is 5.95. The van der Waals surface area contributed by atoms with Gasteiger partial charge in [0.15, 0.2) is 0 Å². The molecule has 0 radical (unpaired) electrons. The average molecular weight is 329 g/mol. The van der Waals surface area contributed by atoms with Crippen LogP contribution < -0.4 is 5.73 Å². The van der Waals surface area contributed by atoms with Crippen molar-refractivity contribution >= 4 is 15.9 Å². The van der Waals surface area contributed by atoms with E-state index in [9.17, 15) is 13.7 Å². The maximum absolute atomic E-state index is 12.5. The van der Waals surface area contributed by atoms with Gasteiger partial charge >= 0.3 is 0 Å². The highest BCUT2D eigenvalue weighted by atomic mass is 32.2. The van der Waals surface area contributed by atoms with Crippen LogP contribution in [0.4, 0.5) is 5.82 Å². The lowest BCUT2D eigenvalue weighted by Crippen LogP contribution is -2.18. The SMILES string of the molecule is Cc1ccc(-c2c(C#N)c(N)nc3c2S(=O)(=O)OC3(C)C)cc1. The number of aryl methyl sites for hydroxylation is 1. The van der Waals surface area contributed by atoms with Crippen molar-refractivity contribution < 1.29 is 12.6 Å². The number of nitrogens with two attached hydrogens (primary N) is 1. The lowest BCUT2D eigenvalue weighted by molar-refractivity contribution is 0.128. The van der Waals surface area contributed by atoms with Gasteiger partial charge in [-0.15, -0.1) is 0 Å². The maximum Gasteiger partial charge on any atom is 0.300 e.